The van der Waals surface area contributed by atoms with E-state index in [1.807, 2.05) is 17.9 Å². The number of rotatable bonds is 3. The van der Waals surface area contributed by atoms with Gasteiger partial charge in [0.1, 0.15) is 4.33 Å². The minimum absolute atomic E-state index is 0.130. The van der Waals surface area contributed by atoms with Crippen molar-refractivity contribution in [2.24, 2.45) is 11.3 Å². The fourth-order valence-corrected chi connectivity index (χ4v) is 3.96. The molecular weight excluding hydrogens is 305 g/mol. The number of piperidine rings is 1. The van der Waals surface area contributed by atoms with Gasteiger partial charge in [0.2, 0.25) is 5.91 Å². The van der Waals surface area contributed by atoms with Crippen LogP contribution in [0.5, 0.6) is 0 Å². The molecule has 2 fully saturated rings. The summed E-state index contributed by atoms with van der Waals surface area (Å²) in [6.45, 7) is 3.54. The van der Waals surface area contributed by atoms with Crippen molar-refractivity contribution in [1.29, 1.82) is 0 Å². The predicted molar refractivity (Wildman–Crippen MR) is 86.6 cm³/mol. The topological polar surface area (TPSA) is 20.3 Å². The van der Waals surface area contributed by atoms with E-state index in [-0.39, 0.29) is 5.91 Å². The first-order valence-electron chi connectivity index (χ1n) is 7.63. The van der Waals surface area contributed by atoms with E-state index in [1.54, 1.807) is 0 Å². The summed E-state index contributed by atoms with van der Waals surface area (Å²) in [7, 11) is 0. The highest BCUT2D eigenvalue weighted by Crippen LogP contribution is 2.64. The fraction of sp³-hybridized carbons (Fsp3) is 0.588. The van der Waals surface area contributed by atoms with Gasteiger partial charge in [-0.25, -0.2) is 0 Å². The Hall–Kier alpha value is -0.730. The van der Waals surface area contributed by atoms with E-state index in [4.69, 9.17) is 23.2 Å². The summed E-state index contributed by atoms with van der Waals surface area (Å²) < 4.78 is -0.856. The average Bonchev–Trinajstić information content (AvgIpc) is 3.00. The molecule has 3 rings (SSSR count). The van der Waals surface area contributed by atoms with E-state index < -0.39 is 9.75 Å². The molecule has 0 N–H and O–H groups in total. The van der Waals surface area contributed by atoms with Crippen molar-refractivity contribution in [3.05, 3.63) is 35.9 Å². The van der Waals surface area contributed by atoms with E-state index in [0.717, 1.165) is 32.4 Å². The van der Waals surface area contributed by atoms with E-state index >= 15 is 0 Å². The molecule has 0 bridgehead atoms. The van der Waals surface area contributed by atoms with Crippen LogP contribution in [0, 0.1) is 11.3 Å². The second-order valence-electron chi connectivity index (χ2n) is 6.64. The highest BCUT2D eigenvalue weighted by Gasteiger charge is 2.68. The lowest BCUT2D eigenvalue weighted by atomic mass is 9.89. The molecule has 1 aromatic rings. The van der Waals surface area contributed by atoms with Gasteiger partial charge in [0.05, 0.1) is 5.41 Å². The molecule has 0 aromatic heterocycles. The van der Waals surface area contributed by atoms with Gasteiger partial charge in [-0.3, -0.25) is 4.79 Å². The summed E-state index contributed by atoms with van der Waals surface area (Å²) in [5.41, 5.74) is 0.819. The van der Waals surface area contributed by atoms with Gasteiger partial charge in [0.15, 0.2) is 0 Å². The van der Waals surface area contributed by atoms with Crippen molar-refractivity contribution >= 4 is 29.1 Å². The molecule has 1 amide bonds. The van der Waals surface area contributed by atoms with Crippen molar-refractivity contribution in [3.63, 3.8) is 0 Å². The zero-order valence-corrected chi connectivity index (χ0v) is 13.8. The number of nitrogens with zero attached hydrogens (tertiary/aromatic N) is 1. The van der Waals surface area contributed by atoms with Crippen LogP contribution in [0.2, 0.25) is 0 Å². The molecule has 1 unspecified atom stereocenters. The molecule has 0 radical (unpaired) electrons. The summed E-state index contributed by atoms with van der Waals surface area (Å²) in [6, 6.07) is 10.6. The van der Waals surface area contributed by atoms with Crippen molar-refractivity contribution in [3.8, 4) is 0 Å². The molecule has 1 heterocycles. The van der Waals surface area contributed by atoms with Gasteiger partial charge in [0.25, 0.3) is 0 Å². The van der Waals surface area contributed by atoms with Crippen LogP contribution in [0.1, 0.15) is 31.7 Å². The maximum Gasteiger partial charge on any atom is 0.231 e. The quantitative estimate of drug-likeness (QED) is 0.767. The van der Waals surface area contributed by atoms with E-state index in [1.165, 1.54) is 5.56 Å². The normalized spacial score (nSPS) is 28.4. The number of hydrogen-bond acceptors (Lipinski definition) is 1. The van der Waals surface area contributed by atoms with Crippen LogP contribution in [-0.2, 0) is 11.2 Å². The molecule has 1 atom stereocenters. The van der Waals surface area contributed by atoms with Crippen LogP contribution in [-0.4, -0.2) is 28.2 Å². The Labute approximate surface area is 136 Å². The van der Waals surface area contributed by atoms with Gasteiger partial charge in [-0.05, 0) is 44.1 Å². The molecular formula is C17H21Cl2NO. The Balaban J connectivity index is 1.53. The first-order valence-corrected chi connectivity index (χ1v) is 8.39. The van der Waals surface area contributed by atoms with Crippen LogP contribution in [0.25, 0.3) is 0 Å². The largest absolute Gasteiger partial charge is 0.342 e. The third-order valence-corrected chi connectivity index (χ3v) is 6.10. The fourth-order valence-electron chi connectivity index (χ4n) is 3.27. The van der Waals surface area contributed by atoms with Gasteiger partial charge in [0, 0.05) is 13.1 Å². The van der Waals surface area contributed by atoms with Gasteiger partial charge >= 0.3 is 0 Å². The molecule has 4 heteroatoms. The minimum Gasteiger partial charge on any atom is -0.342 e. The van der Waals surface area contributed by atoms with E-state index in [0.29, 0.717) is 12.3 Å². The number of alkyl halides is 2. The summed E-state index contributed by atoms with van der Waals surface area (Å²) in [5.74, 6) is 0.797. The highest BCUT2D eigenvalue weighted by molar-refractivity contribution is 6.53. The second kappa shape index (κ2) is 5.48. The average molecular weight is 326 g/mol. The maximum absolute atomic E-state index is 12.5. The van der Waals surface area contributed by atoms with Gasteiger partial charge < -0.3 is 4.90 Å². The molecule has 1 aliphatic heterocycles. The van der Waals surface area contributed by atoms with Crippen molar-refractivity contribution in [1.82, 2.24) is 4.90 Å². The zero-order valence-electron chi connectivity index (χ0n) is 12.3. The van der Waals surface area contributed by atoms with Crippen LogP contribution >= 0.6 is 23.2 Å². The molecule has 21 heavy (non-hydrogen) atoms. The van der Waals surface area contributed by atoms with Gasteiger partial charge in [-0.1, -0.05) is 30.3 Å². The number of carbonyl (C=O) groups excluding carboxylic acids is 1. The Morgan fingerprint density at radius 3 is 2.33 bits per heavy atom. The molecule has 1 saturated carbocycles. The molecule has 0 spiro atoms. The number of amides is 1. The second-order valence-corrected chi connectivity index (χ2v) is 8.12. The van der Waals surface area contributed by atoms with Crippen molar-refractivity contribution in [2.45, 2.75) is 36.9 Å². The SMILES string of the molecule is CC1(C(=O)N2CCC(Cc3ccccc3)CC2)CC1(Cl)Cl. The number of hydrogen-bond donors (Lipinski definition) is 0. The molecule has 2 aliphatic rings. The smallest absolute Gasteiger partial charge is 0.231 e. The third kappa shape index (κ3) is 2.93. The molecule has 1 aliphatic carbocycles. The first kappa shape index (κ1) is 15.2. The maximum atomic E-state index is 12.5. The summed E-state index contributed by atoms with van der Waals surface area (Å²) in [4.78, 5) is 14.5. The Morgan fingerprint density at radius 1 is 1.24 bits per heavy atom. The van der Waals surface area contributed by atoms with Crippen LogP contribution < -0.4 is 0 Å². The Morgan fingerprint density at radius 2 is 1.81 bits per heavy atom. The van der Waals surface area contributed by atoms with Gasteiger partial charge in [-0.2, -0.15) is 0 Å². The monoisotopic (exact) mass is 325 g/mol. The molecule has 2 nitrogen and oxygen atoms in total. The van der Waals surface area contributed by atoms with Crippen LogP contribution in [0.3, 0.4) is 0 Å². The molecule has 1 aromatic carbocycles. The number of carbonyl (C=O) groups is 1. The van der Waals surface area contributed by atoms with E-state index in [9.17, 15) is 4.79 Å². The lowest BCUT2D eigenvalue weighted by Crippen LogP contribution is -2.43. The van der Waals surface area contributed by atoms with Crippen molar-refractivity contribution in [2.75, 3.05) is 13.1 Å². The number of benzene rings is 1. The summed E-state index contributed by atoms with van der Waals surface area (Å²) in [6.07, 6.45) is 3.81. The van der Waals surface area contributed by atoms with Crippen LogP contribution in [0.15, 0.2) is 30.3 Å². The van der Waals surface area contributed by atoms with E-state index in [2.05, 4.69) is 24.3 Å². The summed E-state index contributed by atoms with van der Waals surface area (Å²) >= 11 is 12.2. The lowest BCUT2D eigenvalue weighted by Gasteiger charge is -2.34. The Bertz CT molecular complexity index is 523. The highest BCUT2D eigenvalue weighted by atomic mass is 35.5. The minimum atomic E-state index is -0.856. The Kier molecular flexibility index (Phi) is 3.96. The zero-order chi connectivity index (χ0) is 15.1. The molecule has 114 valence electrons. The standard InChI is InChI=1S/C17H21Cl2NO/c1-16(12-17(16,18)19)15(21)20-9-7-14(8-10-20)11-13-5-3-2-4-6-13/h2-6,14H,7-12H2,1H3. The van der Waals surface area contributed by atoms with Crippen molar-refractivity contribution < 1.29 is 4.79 Å². The predicted octanol–water partition coefficient (Wildman–Crippen LogP) is 4.05. The molecule has 1 saturated heterocycles. The van der Waals surface area contributed by atoms with Gasteiger partial charge in [-0.15, -0.1) is 23.2 Å². The third-order valence-electron chi connectivity index (χ3n) is 5.00. The first-order chi connectivity index (χ1) is 9.92. The number of likely N-dealkylation sites (tertiary alicyclic amines) is 1. The van der Waals surface area contributed by atoms with Crippen LogP contribution in [0.4, 0.5) is 0 Å². The number of halogens is 2. The summed E-state index contributed by atoms with van der Waals surface area (Å²) in [5, 5.41) is 0. The lowest BCUT2D eigenvalue weighted by molar-refractivity contribution is -0.137.